The fourth-order valence-electron chi connectivity index (χ4n) is 2.79. The maximum absolute atomic E-state index is 5.50. The molecule has 0 atom stereocenters. The zero-order chi connectivity index (χ0) is 18.4. The number of hydrogen-bond donors (Lipinski definition) is 0. The van der Waals surface area contributed by atoms with Crippen LogP contribution in [0.4, 0.5) is 0 Å². The predicted molar refractivity (Wildman–Crippen MR) is 107 cm³/mol. The number of methoxy groups -OCH3 is 1. The molecule has 0 aliphatic rings. The van der Waals surface area contributed by atoms with Crippen molar-refractivity contribution in [1.82, 2.24) is 9.88 Å². The van der Waals surface area contributed by atoms with Gasteiger partial charge in [-0.2, -0.15) is 0 Å². The summed E-state index contributed by atoms with van der Waals surface area (Å²) in [6.07, 6.45) is 0. The lowest BCUT2D eigenvalue weighted by Crippen LogP contribution is -2.17. The second kappa shape index (κ2) is 8.83. The Balaban J connectivity index is 1.62. The van der Waals surface area contributed by atoms with Crippen LogP contribution in [0.1, 0.15) is 18.2 Å². The normalized spacial score (nSPS) is 10.9. The zero-order valence-corrected chi connectivity index (χ0v) is 16.3. The Morgan fingerprint density at radius 1 is 1.04 bits per heavy atom. The van der Waals surface area contributed by atoms with Gasteiger partial charge in [0.25, 0.3) is 0 Å². The van der Waals surface area contributed by atoms with Crippen LogP contribution in [0.15, 0.2) is 53.9 Å². The van der Waals surface area contributed by atoms with Crippen molar-refractivity contribution in [2.24, 2.45) is 0 Å². The highest BCUT2D eigenvalue weighted by molar-refractivity contribution is 7.13. The summed E-state index contributed by atoms with van der Waals surface area (Å²) in [4.78, 5) is 7.04. The Labute approximate surface area is 159 Å². The molecule has 4 nitrogen and oxygen atoms in total. The molecule has 0 radical (unpaired) electrons. The Bertz CT molecular complexity index is 830. The van der Waals surface area contributed by atoms with Crippen LogP contribution >= 0.6 is 11.3 Å². The summed E-state index contributed by atoms with van der Waals surface area (Å²) in [5, 5.41) is 3.17. The van der Waals surface area contributed by atoms with Crippen molar-refractivity contribution in [2.45, 2.75) is 20.0 Å². The van der Waals surface area contributed by atoms with E-state index in [1.165, 1.54) is 5.56 Å². The number of ether oxygens (including phenoxy) is 2. The van der Waals surface area contributed by atoms with Gasteiger partial charge in [-0.1, -0.05) is 12.1 Å². The van der Waals surface area contributed by atoms with E-state index in [1.54, 1.807) is 18.4 Å². The standard InChI is InChI=1S/C21H24N2O2S/c1-4-25-19-10-8-17(9-11-19)21-22-18(15-26-21)14-23(2)13-16-6-5-7-20(12-16)24-3/h5-12,15H,4,13-14H2,1-3H3. The van der Waals surface area contributed by atoms with Crippen LogP contribution in [0, 0.1) is 0 Å². The van der Waals surface area contributed by atoms with Crippen LogP contribution in [-0.2, 0) is 13.1 Å². The van der Waals surface area contributed by atoms with Crippen molar-refractivity contribution in [3.05, 3.63) is 65.2 Å². The van der Waals surface area contributed by atoms with E-state index in [2.05, 4.69) is 41.6 Å². The fraction of sp³-hybridized carbons (Fsp3) is 0.286. The molecule has 0 fully saturated rings. The van der Waals surface area contributed by atoms with E-state index in [0.717, 1.165) is 40.9 Å². The quantitative estimate of drug-likeness (QED) is 0.569. The lowest BCUT2D eigenvalue weighted by Gasteiger charge is -2.15. The van der Waals surface area contributed by atoms with E-state index in [0.29, 0.717) is 6.61 Å². The third-order valence-electron chi connectivity index (χ3n) is 3.98. The van der Waals surface area contributed by atoms with Gasteiger partial charge in [0.05, 0.1) is 19.4 Å². The highest BCUT2D eigenvalue weighted by Crippen LogP contribution is 2.26. The number of benzene rings is 2. The molecule has 26 heavy (non-hydrogen) atoms. The Morgan fingerprint density at radius 2 is 1.85 bits per heavy atom. The van der Waals surface area contributed by atoms with E-state index in [4.69, 9.17) is 14.5 Å². The van der Waals surface area contributed by atoms with Crippen LogP contribution in [-0.4, -0.2) is 30.6 Å². The van der Waals surface area contributed by atoms with Crippen LogP contribution in [0.2, 0.25) is 0 Å². The van der Waals surface area contributed by atoms with Crippen molar-refractivity contribution < 1.29 is 9.47 Å². The average molecular weight is 369 g/mol. The molecule has 1 aromatic heterocycles. The number of rotatable bonds is 8. The first-order valence-electron chi connectivity index (χ1n) is 8.67. The minimum Gasteiger partial charge on any atom is -0.497 e. The smallest absolute Gasteiger partial charge is 0.123 e. The molecule has 1 heterocycles. The van der Waals surface area contributed by atoms with Gasteiger partial charge in [-0.05, 0) is 55.9 Å². The molecule has 0 N–H and O–H groups in total. The van der Waals surface area contributed by atoms with Crippen molar-refractivity contribution in [1.29, 1.82) is 0 Å². The van der Waals surface area contributed by atoms with Crippen molar-refractivity contribution >= 4 is 11.3 Å². The van der Waals surface area contributed by atoms with Crippen molar-refractivity contribution in [3.63, 3.8) is 0 Å². The monoisotopic (exact) mass is 368 g/mol. The van der Waals surface area contributed by atoms with Gasteiger partial charge in [0.15, 0.2) is 0 Å². The summed E-state index contributed by atoms with van der Waals surface area (Å²) in [5.74, 6) is 1.79. The van der Waals surface area contributed by atoms with Gasteiger partial charge in [-0.3, -0.25) is 4.90 Å². The van der Waals surface area contributed by atoms with Crippen molar-refractivity contribution in [3.8, 4) is 22.1 Å². The molecule has 136 valence electrons. The maximum atomic E-state index is 5.50. The number of aromatic nitrogens is 1. The van der Waals surface area contributed by atoms with Gasteiger partial charge in [-0.15, -0.1) is 11.3 Å². The Hall–Kier alpha value is -2.37. The van der Waals surface area contributed by atoms with E-state index >= 15 is 0 Å². The van der Waals surface area contributed by atoms with Gasteiger partial charge in [0.1, 0.15) is 16.5 Å². The fourth-order valence-corrected chi connectivity index (χ4v) is 3.60. The van der Waals surface area contributed by atoms with Gasteiger partial charge in [0.2, 0.25) is 0 Å². The maximum Gasteiger partial charge on any atom is 0.123 e. The Kier molecular flexibility index (Phi) is 6.26. The zero-order valence-electron chi connectivity index (χ0n) is 15.4. The van der Waals surface area contributed by atoms with Crippen LogP contribution < -0.4 is 9.47 Å². The lowest BCUT2D eigenvalue weighted by molar-refractivity contribution is 0.315. The third-order valence-corrected chi connectivity index (χ3v) is 4.92. The van der Waals surface area contributed by atoms with Gasteiger partial charge >= 0.3 is 0 Å². The third kappa shape index (κ3) is 4.84. The van der Waals surface area contributed by atoms with E-state index in [9.17, 15) is 0 Å². The first kappa shape index (κ1) is 18.4. The molecule has 0 aliphatic heterocycles. The number of hydrogen-bond acceptors (Lipinski definition) is 5. The van der Waals surface area contributed by atoms with Crippen LogP contribution in [0.3, 0.4) is 0 Å². The van der Waals surface area contributed by atoms with Gasteiger partial charge in [-0.25, -0.2) is 4.98 Å². The summed E-state index contributed by atoms with van der Waals surface area (Å²) < 4.78 is 10.8. The summed E-state index contributed by atoms with van der Waals surface area (Å²) in [7, 11) is 3.80. The second-order valence-electron chi connectivity index (χ2n) is 6.13. The first-order valence-corrected chi connectivity index (χ1v) is 9.55. The lowest BCUT2D eigenvalue weighted by atomic mass is 10.2. The predicted octanol–water partition coefficient (Wildman–Crippen LogP) is 4.85. The first-order chi connectivity index (χ1) is 12.7. The van der Waals surface area contributed by atoms with E-state index in [1.807, 2.05) is 31.2 Å². The highest BCUT2D eigenvalue weighted by atomic mass is 32.1. The molecule has 0 aliphatic carbocycles. The number of thiazole rings is 1. The van der Waals surface area contributed by atoms with Crippen molar-refractivity contribution in [2.75, 3.05) is 20.8 Å². The molecule has 0 spiro atoms. The van der Waals surface area contributed by atoms with Crippen LogP contribution in [0.5, 0.6) is 11.5 Å². The molecule has 0 saturated heterocycles. The summed E-state index contributed by atoms with van der Waals surface area (Å²) >= 11 is 1.68. The molecule has 3 rings (SSSR count). The molecule has 0 saturated carbocycles. The summed E-state index contributed by atoms with van der Waals surface area (Å²) in [5.41, 5.74) is 3.44. The van der Waals surface area contributed by atoms with E-state index in [-0.39, 0.29) is 0 Å². The molecular weight excluding hydrogens is 344 g/mol. The Morgan fingerprint density at radius 3 is 2.58 bits per heavy atom. The molecular formula is C21H24N2O2S. The van der Waals surface area contributed by atoms with Gasteiger partial charge < -0.3 is 9.47 Å². The minimum absolute atomic E-state index is 0.681. The number of nitrogens with zero attached hydrogens (tertiary/aromatic N) is 2. The minimum atomic E-state index is 0.681. The molecule has 0 amide bonds. The molecule has 2 aromatic carbocycles. The SMILES string of the molecule is CCOc1ccc(-c2nc(CN(C)Cc3cccc(OC)c3)cs2)cc1. The topological polar surface area (TPSA) is 34.6 Å². The molecule has 5 heteroatoms. The second-order valence-corrected chi connectivity index (χ2v) is 6.98. The molecule has 3 aromatic rings. The largest absolute Gasteiger partial charge is 0.497 e. The molecule has 0 bridgehead atoms. The summed E-state index contributed by atoms with van der Waals surface area (Å²) in [6, 6.07) is 16.3. The van der Waals surface area contributed by atoms with Gasteiger partial charge in [0, 0.05) is 24.0 Å². The average Bonchev–Trinajstić information content (AvgIpc) is 3.11. The van der Waals surface area contributed by atoms with E-state index < -0.39 is 0 Å². The summed E-state index contributed by atoms with van der Waals surface area (Å²) in [6.45, 7) is 4.33. The van der Waals surface area contributed by atoms with Crippen LogP contribution in [0.25, 0.3) is 10.6 Å². The highest BCUT2D eigenvalue weighted by Gasteiger charge is 2.08. The molecule has 0 unspecified atom stereocenters.